The lowest BCUT2D eigenvalue weighted by molar-refractivity contribution is 0.203. The van der Waals surface area contributed by atoms with Gasteiger partial charge in [0.15, 0.2) is 5.76 Å². The molecule has 1 aromatic heterocycles. The summed E-state index contributed by atoms with van der Waals surface area (Å²) in [6, 6.07) is 10.8. The average molecular weight is 314 g/mol. The van der Waals surface area contributed by atoms with Crippen molar-refractivity contribution in [2.75, 3.05) is 13.2 Å². The van der Waals surface area contributed by atoms with Crippen molar-refractivity contribution in [3.63, 3.8) is 0 Å². The second-order valence-electron chi connectivity index (χ2n) is 6.48. The highest BCUT2D eigenvalue weighted by Gasteiger charge is 2.30. The summed E-state index contributed by atoms with van der Waals surface area (Å²) in [5.41, 5.74) is 2.28. The number of likely N-dealkylation sites (tertiary alicyclic amines) is 1. The minimum absolute atomic E-state index is 0.324. The van der Waals surface area contributed by atoms with E-state index in [-0.39, 0.29) is 0 Å². The first kappa shape index (κ1) is 16.1. The van der Waals surface area contributed by atoms with Crippen LogP contribution in [0.1, 0.15) is 62.6 Å². The summed E-state index contributed by atoms with van der Waals surface area (Å²) in [7, 11) is 0. The molecule has 124 valence electrons. The Labute approximate surface area is 138 Å². The molecule has 0 radical (unpaired) electrons. The van der Waals surface area contributed by atoms with E-state index in [9.17, 15) is 0 Å². The van der Waals surface area contributed by atoms with Crippen LogP contribution in [-0.2, 0) is 6.54 Å². The third-order valence-corrected chi connectivity index (χ3v) is 4.48. The molecule has 0 N–H and O–H groups in total. The molecule has 3 rings (SSSR count). The monoisotopic (exact) mass is 314 g/mol. The number of hydrogen-bond acceptors (Lipinski definition) is 4. The minimum Gasteiger partial charge on any atom is -0.494 e. The Morgan fingerprint density at radius 3 is 2.91 bits per heavy atom. The van der Waals surface area contributed by atoms with Crippen molar-refractivity contribution in [2.45, 2.75) is 52.1 Å². The number of hydrogen-bond donors (Lipinski definition) is 0. The predicted molar refractivity (Wildman–Crippen MR) is 90.6 cm³/mol. The first-order chi connectivity index (χ1) is 11.2. The summed E-state index contributed by atoms with van der Waals surface area (Å²) in [5.74, 6) is 2.39. The van der Waals surface area contributed by atoms with E-state index in [1.54, 1.807) is 0 Å². The van der Waals surface area contributed by atoms with Gasteiger partial charge in [0.2, 0.25) is 0 Å². The van der Waals surface area contributed by atoms with E-state index in [0.717, 1.165) is 36.7 Å². The van der Waals surface area contributed by atoms with Gasteiger partial charge in [0.1, 0.15) is 5.75 Å². The second-order valence-corrected chi connectivity index (χ2v) is 6.48. The van der Waals surface area contributed by atoms with E-state index < -0.39 is 0 Å². The molecule has 1 fully saturated rings. The van der Waals surface area contributed by atoms with Gasteiger partial charge in [-0.2, -0.15) is 0 Å². The van der Waals surface area contributed by atoms with Gasteiger partial charge in [0, 0.05) is 18.2 Å². The SMILES string of the molecule is CCOc1ccccc1CN1CCC[C@@H]1c1cc(C(C)C)no1. The molecule has 2 heterocycles. The highest BCUT2D eigenvalue weighted by Crippen LogP contribution is 2.35. The van der Waals surface area contributed by atoms with Gasteiger partial charge < -0.3 is 9.26 Å². The van der Waals surface area contributed by atoms with Crippen molar-refractivity contribution in [3.8, 4) is 5.75 Å². The van der Waals surface area contributed by atoms with Crippen molar-refractivity contribution in [3.05, 3.63) is 47.3 Å². The smallest absolute Gasteiger partial charge is 0.154 e. The highest BCUT2D eigenvalue weighted by molar-refractivity contribution is 5.33. The second kappa shape index (κ2) is 7.18. The minimum atomic E-state index is 0.324. The quantitative estimate of drug-likeness (QED) is 0.785. The van der Waals surface area contributed by atoms with Crippen LogP contribution in [-0.4, -0.2) is 23.2 Å². The standard InChI is InChI=1S/C19H26N2O2/c1-4-22-18-10-6-5-8-15(18)13-21-11-7-9-17(21)19-12-16(14(2)3)20-23-19/h5-6,8,10,12,14,17H,4,7,9,11,13H2,1-3H3/t17-/m1/s1. The van der Waals surface area contributed by atoms with Gasteiger partial charge in [-0.25, -0.2) is 0 Å². The fourth-order valence-corrected chi connectivity index (χ4v) is 3.22. The van der Waals surface area contributed by atoms with Gasteiger partial charge >= 0.3 is 0 Å². The number of nitrogens with zero attached hydrogens (tertiary/aromatic N) is 2. The summed E-state index contributed by atoms with van der Waals surface area (Å²) in [4.78, 5) is 2.47. The summed E-state index contributed by atoms with van der Waals surface area (Å²) in [6.45, 7) is 8.98. The zero-order valence-electron chi connectivity index (χ0n) is 14.3. The summed E-state index contributed by atoms with van der Waals surface area (Å²) >= 11 is 0. The molecule has 1 aliphatic heterocycles. The number of ether oxygens (including phenoxy) is 1. The van der Waals surface area contributed by atoms with Gasteiger partial charge in [0.05, 0.1) is 18.3 Å². The lowest BCUT2D eigenvalue weighted by Gasteiger charge is -2.23. The van der Waals surface area contributed by atoms with Crippen molar-refractivity contribution >= 4 is 0 Å². The molecule has 0 amide bonds. The fourth-order valence-electron chi connectivity index (χ4n) is 3.22. The van der Waals surface area contributed by atoms with Gasteiger partial charge in [-0.3, -0.25) is 4.90 Å². The van der Waals surface area contributed by atoms with Crippen LogP contribution in [0.15, 0.2) is 34.9 Å². The lowest BCUT2D eigenvalue weighted by atomic mass is 10.1. The van der Waals surface area contributed by atoms with Crippen LogP contribution >= 0.6 is 0 Å². The third-order valence-electron chi connectivity index (χ3n) is 4.48. The van der Waals surface area contributed by atoms with Crippen LogP contribution in [0.2, 0.25) is 0 Å². The Morgan fingerprint density at radius 1 is 1.35 bits per heavy atom. The van der Waals surface area contributed by atoms with Gasteiger partial charge in [-0.1, -0.05) is 37.2 Å². The lowest BCUT2D eigenvalue weighted by Crippen LogP contribution is -2.22. The highest BCUT2D eigenvalue weighted by atomic mass is 16.5. The van der Waals surface area contributed by atoms with Crippen molar-refractivity contribution in [1.82, 2.24) is 10.1 Å². The molecule has 1 saturated heterocycles. The van der Waals surface area contributed by atoms with Crippen molar-refractivity contribution in [1.29, 1.82) is 0 Å². The zero-order valence-corrected chi connectivity index (χ0v) is 14.3. The van der Waals surface area contributed by atoms with E-state index in [4.69, 9.17) is 9.26 Å². The van der Waals surface area contributed by atoms with Crippen LogP contribution in [0.4, 0.5) is 0 Å². The van der Waals surface area contributed by atoms with E-state index in [0.29, 0.717) is 18.6 Å². The topological polar surface area (TPSA) is 38.5 Å². The summed E-state index contributed by atoms with van der Waals surface area (Å²) < 4.78 is 11.4. The Kier molecular flexibility index (Phi) is 5.01. The molecule has 1 aliphatic rings. The van der Waals surface area contributed by atoms with Crippen molar-refractivity contribution < 1.29 is 9.26 Å². The Morgan fingerprint density at radius 2 is 2.17 bits per heavy atom. The summed E-state index contributed by atoms with van der Waals surface area (Å²) in [5, 5.41) is 4.22. The van der Waals surface area contributed by atoms with Crippen LogP contribution in [0.25, 0.3) is 0 Å². The number of benzene rings is 1. The third kappa shape index (κ3) is 3.58. The average Bonchev–Trinajstić information content (AvgIpc) is 3.18. The van der Waals surface area contributed by atoms with Crippen molar-refractivity contribution in [2.24, 2.45) is 0 Å². The zero-order chi connectivity index (χ0) is 16.2. The van der Waals surface area contributed by atoms with Gasteiger partial charge in [-0.05, 0) is 38.3 Å². The molecule has 0 bridgehead atoms. The van der Waals surface area contributed by atoms with Crippen LogP contribution < -0.4 is 4.74 Å². The first-order valence-corrected chi connectivity index (χ1v) is 8.60. The number of para-hydroxylation sites is 1. The molecule has 0 aliphatic carbocycles. The van der Waals surface area contributed by atoms with Gasteiger partial charge in [-0.15, -0.1) is 0 Å². The maximum atomic E-state index is 5.76. The molecule has 4 nitrogen and oxygen atoms in total. The number of aromatic nitrogens is 1. The number of rotatable bonds is 6. The molecular weight excluding hydrogens is 288 g/mol. The molecule has 0 saturated carbocycles. The van der Waals surface area contributed by atoms with Crippen LogP contribution in [0, 0.1) is 0 Å². The molecule has 23 heavy (non-hydrogen) atoms. The maximum absolute atomic E-state index is 5.76. The first-order valence-electron chi connectivity index (χ1n) is 8.60. The van der Waals surface area contributed by atoms with E-state index in [1.165, 1.54) is 12.0 Å². The normalized spacial score (nSPS) is 18.7. The maximum Gasteiger partial charge on any atom is 0.154 e. The molecule has 1 aromatic carbocycles. The van der Waals surface area contributed by atoms with E-state index in [2.05, 4.69) is 48.2 Å². The molecule has 4 heteroatoms. The molecule has 1 atom stereocenters. The molecule has 0 unspecified atom stereocenters. The predicted octanol–water partition coefficient (Wildman–Crippen LogP) is 4.53. The Hall–Kier alpha value is -1.81. The van der Waals surface area contributed by atoms with Gasteiger partial charge in [0.25, 0.3) is 0 Å². The molecular formula is C19H26N2O2. The summed E-state index contributed by atoms with van der Waals surface area (Å²) in [6.07, 6.45) is 2.32. The van der Waals surface area contributed by atoms with Crippen LogP contribution in [0.5, 0.6) is 5.75 Å². The molecule has 2 aromatic rings. The fraction of sp³-hybridized carbons (Fsp3) is 0.526. The Bertz CT molecular complexity index is 636. The van der Waals surface area contributed by atoms with E-state index in [1.807, 2.05) is 13.0 Å². The van der Waals surface area contributed by atoms with E-state index >= 15 is 0 Å². The van der Waals surface area contributed by atoms with Crippen LogP contribution in [0.3, 0.4) is 0 Å². The largest absolute Gasteiger partial charge is 0.494 e. The Balaban J connectivity index is 1.76. The molecule has 0 spiro atoms.